The summed E-state index contributed by atoms with van der Waals surface area (Å²) in [5.41, 5.74) is 3.79. The molecule has 1 heterocycles. The number of carbonyl (C=O) groups is 1. The molecule has 24 heavy (non-hydrogen) atoms. The van der Waals surface area contributed by atoms with Gasteiger partial charge in [-0.1, -0.05) is 12.1 Å². The first kappa shape index (κ1) is 17.8. The van der Waals surface area contributed by atoms with Gasteiger partial charge in [-0.3, -0.25) is 4.79 Å². The standard InChI is InChI=1S/C18H20N2O2.CH4O/c1-3-20(4-2)15-8-6-14(7-9-15)18-19-16-11-13(12-21)5-10-17(16)22-18;1-2/h5-12,18-19H,3-4H2,1-2H3;2H,1H3. The van der Waals surface area contributed by atoms with Crippen LogP contribution in [0.15, 0.2) is 42.5 Å². The zero-order valence-electron chi connectivity index (χ0n) is 14.3. The summed E-state index contributed by atoms with van der Waals surface area (Å²) in [7, 11) is 1.00. The van der Waals surface area contributed by atoms with Crippen LogP contribution >= 0.6 is 0 Å². The van der Waals surface area contributed by atoms with Crippen molar-refractivity contribution in [2.45, 2.75) is 20.1 Å². The highest BCUT2D eigenvalue weighted by Crippen LogP contribution is 2.38. The minimum Gasteiger partial charge on any atom is -0.464 e. The van der Waals surface area contributed by atoms with E-state index in [1.54, 1.807) is 6.07 Å². The van der Waals surface area contributed by atoms with E-state index in [-0.39, 0.29) is 6.23 Å². The molecule has 0 aromatic heterocycles. The Morgan fingerprint density at radius 2 is 1.79 bits per heavy atom. The number of aliphatic hydroxyl groups excluding tert-OH is 1. The lowest BCUT2D eigenvalue weighted by Crippen LogP contribution is -2.21. The zero-order chi connectivity index (χ0) is 17.5. The Labute approximate surface area is 142 Å². The third-order valence-electron chi connectivity index (χ3n) is 4.00. The molecule has 3 rings (SSSR count). The van der Waals surface area contributed by atoms with E-state index in [0.717, 1.165) is 43.5 Å². The number of benzene rings is 2. The highest BCUT2D eigenvalue weighted by molar-refractivity contribution is 5.79. The first-order valence-electron chi connectivity index (χ1n) is 8.07. The van der Waals surface area contributed by atoms with Crippen molar-refractivity contribution in [1.29, 1.82) is 0 Å². The molecule has 1 atom stereocenters. The van der Waals surface area contributed by atoms with Crippen LogP contribution in [0.3, 0.4) is 0 Å². The highest BCUT2D eigenvalue weighted by Gasteiger charge is 2.23. The van der Waals surface area contributed by atoms with Crippen molar-refractivity contribution in [2.24, 2.45) is 0 Å². The first-order valence-corrected chi connectivity index (χ1v) is 8.07. The van der Waals surface area contributed by atoms with Crippen molar-refractivity contribution in [3.05, 3.63) is 53.6 Å². The van der Waals surface area contributed by atoms with E-state index in [2.05, 4.69) is 48.3 Å². The molecule has 2 aromatic rings. The quantitative estimate of drug-likeness (QED) is 0.823. The number of aldehydes is 1. The Morgan fingerprint density at radius 1 is 1.12 bits per heavy atom. The van der Waals surface area contributed by atoms with Crippen LogP contribution in [0, 0.1) is 0 Å². The van der Waals surface area contributed by atoms with E-state index < -0.39 is 0 Å². The molecule has 0 radical (unpaired) electrons. The van der Waals surface area contributed by atoms with Gasteiger partial charge in [-0.2, -0.15) is 0 Å². The van der Waals surface area contributed by atoms with Crippen LogP contribution in [0.25, 0.3) is 0 Å². The summed E-state index contributed by atoms with van der Waals surface area (Å²) in [6, 6.07) is 13.8. The lowest BCUT2D eigenvalue weighted by atomic mass is 10.1. The Bertz CT molecular complexity index is 667. The molecular formula is C19H24N2O3. The first-order chi connectivity index (χ1) is 11.7. The van der Waals surface area contributed by atoms with E-state index in [1.807, 2.05) is 12.1 Å². The lowest BCUT2D eigenvalue weighted by Gasteiger charge is -2.21. The van der Waals surface area contributed by atoms with Gasteiger partial charge in [-0.05, 0) is 44.2 Å². The maximum atomic E-state index is 10.8. The van der Waals surface area contributed by atoms with Gasteiger partial charge >= 0.3 is 0 Å². The molecule has 5 nitrogen and oxygen atoms in total. The number of aliphatic hydroxyl groups is 1. The van der Waals surface area contributed by atoms with Gasteiger partial charge in [-0.25, -0.2) is 0 Å². The third kappa shape index (κ3) is 3.68. The third-order valence-corrected chi connectivity index (χ3v) is 4.00. The molecule has 0 fully saturated rings. The predicted molar refractivity (Wildman–Crippen MR) is 97.0 cm³/mol. The van der Waals surface area contributed by atoms with Crippen LogP contribution in [-0.2, 0) is 0 Å². The van der Waals surface area contributed by atoms with Crippen LogP contribution in [-0.4, -0.2) is 31.6 Å². The fourth-order valence-corrected chi connectivity index (χ4v) is 2.73. The molecule has 0 bridgehead atoms. The molecule has 2 aromatic carbocycles. The van der Waals surface area contributed by atoms with Crippen molar-refractivity contribution < 1.29 is 14.6 Å². The molecule has 1 aliphatic heterocycles. The topological polar surface area (TPSA) is 61.8 Å². The summed E-state index contributed by atoms with van der Waals surface area (Å²) in [6.07, 6.45) is 0.636. The van der Waals surface area contributed by atoms with E-state index in [0.29, 0.717) is 5.56 Å². The second-order valence-electron chi connectivity index (χ2n) is 5.28. The largest absolute Gasteiger partial charge is 0.464 e. The predicted octanol–water partition coefficient (Wildman–Crippen LogP) is 3.46. The molecule has 0 saturated carbocycles. The van der Waals surface area contributed by atoms with Crippen molar-refractivity contribution in [3.63, 3.8) is 0 Å². The highest BCUT2D eigenvalue weighted by atomic mass is 16.5. The molecule has 0 amide bonds. The summed E-state index contributed by atoms with van der Waals surface area (Å²) in [5.74, 6) is 0.781. The Hall–Kier alpha value is -2.53. The maximum absolute atomic E-state index is 10.8. The number of fused-ring (bicyclic) bond motifs is 1. The minimum absolute atomic E-state index is 0.206. The van der Waals surface area contributed by atoms with Gasteiger partial charge in [0.05, 0.1) is 5.69 Å². The summed E-state index contributed by atoms with van der Waals surface area (Å²) < 4.78 is 5.90. The monoisotopic (exact) mass is 328 g/mol. The molecule has 5 heteroatoms. The van der Waals surface area contributed by atoms with Crippen LogP contribution in [0.1, 0.15) is 36.0 Å². The average Bonchev–Trinajstić information content (AvgIpc) is 3.08. The summed E-state index contributed by atoms with van der Waals surface area (Å²) in [4.78, 5) is 13.1. The van der Waals surface area contributed by atoms with Gasteiger partial charge < -0.3 is 20.1 Å². The molecule has 2 N–H and O–H groups in total. The molecule has 128 valence electrons. The molecule has 0 spiro atoms. The number of carbonyl (C=O) groups excluding carboxylic acids is 1. The molecule has 1 aliphatic rings. The molecule has 1 unspecified atom stereocenters. The average molecular weight is 328 g/mol. The van der Waals surface area contributed by atoms with Gasteiger partial charge in [0.25, 0.3) is 0 Å². The van der Waals surface area contributed by atoms with Crippen LogP contribution < -0.4 is 15.0 Å². The number of rotatable bonds is 5. The number of nitrogens with zero attached hydrogens (tertiary/aromatic N) is 1. The van der Waals surface area contributed by atoms with E-state index in [4.69, 9.17) is 9.84 Å². The van der Waals surface area contributed by atoms with Crippen molar-refractivity contribution in [3.8, 4) is 5.75 Å². The second kappa shape index (κ2) is 8.36. The number of hydrogen-bond acceptors (Lipinski definition) is 5. The molecule has 0 saturated heterocycles. The summed E-state index contributed by atoms with van der Waals surface area (Å²) in [5, 5.41) is 10.3. The van der Waals surface area contributed by atoms with Gasteiger partial charge in [0.1, 0.15) is 12.0 Å². The van der Waals surface area contributed by atoms with Crippen molar-refractivity contribution in [1.82, 2.24) is 0 Å². The van der Waals surface area contributed by atoms with Gasteiger partial charge in [0.2, 0.25) is 0 Å². The number of ether oxygens (including phenoxy) is 1. The smallest absolute Gasteiger partial charge is 0.196 e. The summed E-state index contributed by atoms with van der Waals surface area (Å²) in [6.45, 7) is 6.29. The van der Waals surface area contributed by atoms with Crippen molar-refractivity contribution in [2.75, 3.05) is 30.4 Å². The van der Waals surface area contributed by atoms with Crippen LogP contribution in [0.4, 0.5) is 11.4 Å². The maximum Gasteiger partial charge on any atom is 0.196 e. The lowest BCUT2D eigenvalue weighted by molar-refractivity contribution is 0.112. The Balaban J connectivity index is 0.00000100. The van der Waals surface area contributed by atoms with E-state index in [1.165, 1.54) is 5.69 Å². The van der Waals surface area contributed by atoms with Crippen LogP contribution in [0.2, 0.25) is 0 Å². The normalized spacial score (nSPS) is 14.6. The zero-order valence-corrected chi connectivity index (χ0v) is 14.3. The second-order valence-corrected chi connectivity index (χ2v) is 5.28. The Kier molecular flexibility index (Phi) is 6.21. The fraction of sp³-hybridized carbons (Fsp3) is 0.316. The Morgan fingerprint density at radius 3 is 2.38 bits per heavy atom. The molecule has 0 aliphatic carbocycles. The number of nitrogens with one attached hydrogen (secondary N) is 1. The van der Waals surface area contributed by atoms with Crippen molar-refractivity contribution >= 4 is 17.7 Å². The van der Waals surface area contributed by atoms with Gasteiger partial charge in [-0.15, -0.1) is 0 Å². The minimum atomic E-state index is -0.206. The SMILES string of the molecule is CCN(CC)c1ccc(C2Nc3cc(C=O)ccc3O2)cc1.CO. The van der Waals surface area contributed by atoms with Gasteiger partial charge in [0, 0.05) is 37.0 Å². The van der Waals surface area contributed by atoms with Crippen LogP contribution in [0.5, 0.6) is 5.75 Å². The van der Waals surface area contributed by atoms with E-state index in [9.17, 15) is 4.79 Å². The number of anilines is 2. The van der Waals surface area contributed by atoms with E-state index >= 15 is 0 Å². The molecular weight excluding hydrogens is 304 g/mol. The summed E-state index contributed by atoms with van der Waals surface area (Å²) >= 11 is 0. The number of hydrogen-bond donors (Lipinski definition) is 2. The fourth-order valence-electron chi connectivity index (χ4n) is 2.73. The van der Waals surface area contributed by atoms with Gasteiger partial charge in [0.15, 0.2) is 6.23 Å².